The van der Waals surface area contributed by atoms with Gasteiger partial charge < -0.3 is 14.7 Å². The second kappa shape index (κ2) is 7.72. The Kier molecular flexibility index (Phi) is 5.68. The number of carbonyl (C=O) groups is 1. The van der Waals surface area contributed by atoms with Crippen molar-refractivity contribution in [2.75, 3.05) is 18.6 Å². The minimum Gasteiger partial charge on any atom is -0.480 e. The predicted octanol–water partition coefficient (Wildman–Crippen LogP) is 2.41. The van der Waals surface area contributed by atoms with E-state index in [1.54, 1.807) is 12.0 Å². The fraction of sp³-hybridized carbons (Fsp3) is 0.250. The lowest BCUT2D eigenvalue weighted by Crippen LogP contribution is -2.28. The van der Waals surface area contributed by atoms with E-state index in [0.29, 0.717) is 18.8 Å². The quantitative estimate of drug-likeness (QED) is 0.796. The van der Waals surface area contributed by atoms with Crippen LogP contribution in [0.15, 0.2) is 43.0 Å². The van der Waals surface area contributed by atoms with Gasteiger partial charge in [-0.3, -0.25) is 4.79 Å². The Balaban J connectivity index is 2.21. The highest BCUT2D eigenvalue weighted by molar-refractivity contribution is 7.05. The van der Waals surface area contributed by atoms with Gasteiger partial charge in [-0.25, -0.2) is 0 Å². The first-order valence-corrected chi connectivity index (χ1v) is 7.58. The van der Waals surface area contributed by atoms with Crippen molar-refractivity contribution in [3.8, 4) is 5.88 Å². The molecule has 6 heteroatoms. The standard InChI is InChI=1S/C16H18N2O3S/c1-3-16(20)18(11-14-10-15(21-2)17-22-14)13-6-4-12(5-7-13)8-9-19/h3-7,10,19H,1,8-9,11H2,2H3. The number of hydrogen-bond acceptors (Lipinski definition) is 5. The van der Waals surface area contributed by atoms with E-state index < -0.39 is 0 Å². The minimum atomic E-state index is -0.178. The van der Waals surface area contributed by atoms with Crippen LogP contribution < -0.4 is 9.64 Å². The highest BCUT2D eigenvalue weighted by Gasteiger charge is 2.15. The summed E-state index contributed by atoms with van der Waals surface area (Å²) in [5.41, 5.74) is 1.80. The third-order valence-corrected chi connectivity index (χ3v) is 3.90. The molecule has 0 radical (unpaired) electrons. The second-order valence-corrected chi connectivity index (χ2v) is 5.49. The molecule has 0 saturated carbocycles. The number of anilines is 1. The van der Waals surface area contributed by atoms with Gasteiger partial charge in [0.05, 0.1) is 13.7 Å². The number of hydrogen-bond donors (Lipinski definition) is 1. The second-order valence-electron chi connectivity index (χ2n) is 4.60. The molecule has 116 valence electrons. The average Bonchev–Trinajstić information content (AvgIpc) is 3.01. The lowest BCUT2D eigenvalue weighted by molar-refractivity contribution is -0.114. The maximum absolute atomic E-state index is 12.1. The van der Waals surface area contributed by atoms with Gasteiger partial charge in [0.1, 0.15) is 0 Å². The summed E-state index contributed by atoms with van der Waals surface area (Å²) >= 11 is 1.30. The van der Waals surface area contributed by atoms with Gasteiger partial charge >= 0.3 is 0 Å². The van der Waals surface area contributed by atoms with Gasteiger partial charge in [0.25, 0.3) is 5.91 Å². The predicted molar refractivity (Wildman–Crippen MR) is 87.3 cm³/mol. The molecule has 1 amide bonds. The third-order valence-electron chi connectivity index (χ3n) is 3.15. The molecule has 0 saturated heterocycles. The van der Waals surface area contributed by atoms with Crippen molar-refractivity contribution in [1.82, 2.24) is 4.37 Å². The van der Waals surface area contributed by atoms with E-state index in [0.717, 1.165) is 16.1 Å². The number of rotatable bonds is 7. The Bertz CT molecular complexity index is 637. The van der Waals surface area contributed by atoms with Gasteiger partial charge in [-0.1, -0.05) is 18.7 Å². The average molecular weight is 318 g/mol. The van der Waals surface area contributed by atoms with Crippen molar-refractivity contribution in [2.45, 2.75) is 13.0 Å². The van der Waals surface area contributed by atoms with Crippen molar-refractivity contribution in [2.24, 2.45) is 0 Å². The van der Waals surface area contributed by atoms with Gasteiger partial charge in [0.15, 0.2) is 0 Å². The first kappa shape index (κ1) is 16.2. The summed E-state index contributed by atoms with van der Waals surface area (Å²) in [4.78, 5) is 14.7. The van der Waals surface area contributed by atoms with Crippen LogP contribution in [0.25, 0.3) is 0 Å². The van der Waals surface area contributed by atoms with Crippen LogP contribution in [0.3, 0.4) is 0 Å². The van der Waals surface area contributed by atoms with Crippen molar-refractivity contribution in [1.29, 1.82) is 0 Å². The SMILES string of the molecule is C=CC(=O)N(Cc1cc(OC)ns1)c1ccc(CCO)cc1. The molecule has 0 atom stereocenters. The van der Waals surface area contributed by atoms with Crippen LogP contribution >= 0.6 is 11.5 Å². The first-order chi connectivity index (χ1) is 10.7. The largest absolute Gasteiger partial charge is 0.480 e. The van der Waals surface area contributed by atoms with Crippen molar-refractivity contribution < 1.29 is 14.6 Å². The summed E-state index contributed by atoms with van der Waals surface area (Å²) in [6.45, 7) is 4.07. The Morgan fingerprint density at radius 1 is 1.45 bits per heavy atom. The molecule has 1 aromatic carbocycles. The lowest BCUT2D eigenvalue weighted by Gasteiger charge is -2.20. The molecule has 5 nitrogen and oxygen atoms in total. The number of aliphatic hydroxyl groups excluding tert-OH is 1. The van der Waals surface area contributed by atoms with Gasteiger partial charge in [-0.15, -0.1) is 0 Å². The molecule has 0 aliphatic rings. The highest BCUT2D eigenvalue weighted by Crippen LogP contribution is 2.23. The minimum absolute atomic E-state index is 0.106. The summed E-state index contributed by atoms with van der Waals surface area (Å²) in [6.07, 6.45) is 1.89. The smallest absolute Gasteiger partial charge is 0.250 e. The summed E-state index contributed by atoms with van der Waals surface area (Å²) in [7, 11) is 1.56. The fourth-order valence-electron chi connectivity index (χ4n) is 2.00. The number of carbonyl (C=O) groups excluding carboxylic acids is 1. The van der Waals surface area contributed by atoms with Gasteiger partial charge in [0, 0.05) is 23.2 Å². The zero-order valence-electron chi connectivity index (χ0n) is 12.4. The number of ether oxygens (including phenoxy) is 1. The van der Waals surface area contributed by atoms with Crippen LogP contribution in [0.1, 0.15) is 10.4 Å². The van der Waals surface area contributed by atoms with E-state index in [1.807, 2.05) is 30.3 Å². The molecule has 1 N–H and O–H groups in total. The summed E-state index contributed by atoms with van der Waals surface area (Å²) in [6, 6.07) is 9.36. The molecular formula is C16H18N2O3S. The van der Waals surface area contributed by atoms with E-state index in [4.69, 9.17) is 9.84 Å². The zero-order valence-corrected chi connectivity index (χ0v) is 13.2. The highest BCUT2D eigenvalue weighted by atomic mass is 32.1. The topological polar surface area (TPSA) is 62.7 Å². The molecule has 0 aliphatic carbocycles. The number of nitrogens with zero attached hydrogens (tertiary/aromatic N) is 2. The van der Waals surface area contributed by atoms with Crippen LogP contribution in [-0.2, 0) is 17.8 Å². The number of benzene rings is 1. The molecule has 1 heterocycles. The molecular weight excluding hydrogens is 300 g/mol. The van der Waals surface area contributed by atoms with Crippen LogP contribution in [0.5, 0.6) is 5.88 Å². The van der Waals surface area contributed by atoms with Gasteiger partial charge in [-0.2, -0.15) is 4.37 Å². The molecule has 0 fully saturated rings. The molecule has 2 rings (SSSR count). The van der Waals surface area contributed by atoms with Crippen LogP contribution in [0.2, 0.25) is 0 Å². The van der Waals surface area contributed by atoms with Crippen molar-refractivity contribution in [3.63, 3.8) is 0 Å². The van der Waals surface area contributed by atoms with Gasteiger partial charge in [0.2, 0.25) is 5.88 Å². The van der Waals surface area contributed by atoms with E-state index in [1.165, 1.54) is 17.6 Å². The van der Waals surface area contributed by atoms with E-state index in [2.05, 4.69) is 11.0 Å². The van der Waals surface area contributed by atoms with Crippen LogP contribution in [0.4, 0.5) is 5.69 Å². The molecule has 0 aliphatic heterocycles. The Morgan fingerprint density at radius 3 is 2.73 bits per heavy atom. The monoisotopic (exact) mass is 318 g/mol. The molecule has 0 bridgehead atoms. The number of aliphatic hydroxyl groups is 1. The first-order valence-electron chi connectivity index (χ1n) is 6.81. The molecule has 2 aromatic rings. The Morgan fingerprint density at radius 2 is 2.18 bits per heavy atom. The number of amides is 1. The summed E-state index contributed by atoms with van der Waals surface area (Å²) in [5, 5.41) is 8.95. The third kappa shape index (κ3) is 3.93. The Labute approximate surface area is 133 Å². The summed E-state index contributed by atoms with van der Waals surface area (Å²) in [5.74, 6) is 0.367. The van der Waals surface area contributed by atoms with Gasteiger partial charge in [-0.05, 0) is 41.7 Å². The fourth-order valence-corrected chi connectivity index (χ4v) is 2.67. The molecule has 22 heavy (non-hydrogen) atoms. The maximum atomic E-state index is 12.1. The molecule has 1 aromatic heterocycles. The van der Waals surface area contributed by atoms with Crippen molar-refractivity contribution in [3.05, 3.63) is 53.4 Å². The summed E-state index contributed by atoms with van der Waals surface area (Å²) < 4.78 is 9.20. The zero-order chi connectivity index (χ0) is 15.9. The van der Waals surface area contributed by atoms with Crippen molar-refractivity contribution >= 4 is 23.1 Å². The van der Waals surface area contributed by atoms with E-state index >= 15 is 0 Å². The maximum Gasteiger partial charge on any atom is 0.250 e. The lowest BCUT2D eigenvalue weighted by atomic mass is 10.1. The Hall–Kier alpha value is -2.18. The van der Waals surface area contributed by atoms with E-state index in [-0.39, 0.29) is 12.5 Å². The number of aromatic nitrogens is 1. The van der Waals surface area contributed by atoms with Crippen LogP contribution in [0, 0.1) is 0 Å². The molecule has 0 unspecified atom stereocenters. The van der Waals surface area contributed by atoms with Crippen LogP contribution in [-0.4, -0.2) is 29.1 Å². The van der Waals surface area contributed by atoms with E-state index in [9.17, 15) is 4.79 Å². The number of methoxy groups -OCH3 is 1. The molecule has 0 spiro atoms. The normalized spacial score (nSPS) is 10.3.